The van der Waals surface area contributed by atoms with Crippen LogP contribution in [-0.4, -0.2) is 32.1 Å². The summed E-state index contributed by atoms with van der Waals surface area (Å²) in [5.41, 5.74) is 2.76. The zero-order valence-electron chi connectivity index (χ0n) is 15.8. The van der Waals surface area contributed by atoms with Crippen LogP contribution in [-0.2, 0) is 11.2 Å². The van der Waals surface area contributed by atoms with E-state index in [2.05, 4.69) is 20.3 Å². The summed E-state index contributed by atoms with van der Waals surface area (Å²) in [7, 11) is 0. The highest BCUT2D eigenvalue weighted by molar-refractivity contribution is 5.91. The van der Waals surface area contributed by atoms with Gasteiger partial charge in [0.2, 0.25) is 0 Å². The Labute approximate surface area is 162 Å². The van der Waals surface area contributed by atoms with E-state index in [1.807, 2.05) is 68.6 Å². The highest BCUT2D eigenvalue weighted by atomic mass is 16.4. The fourth-order valence-electron chi connectivity index (χ4n) is 3.35. The highest BCUT2D eigenvalue weighted by Crippen LogP contribution is 2.25. The Hall–Kier alpha value is -3.41. The van der Waals surface area contributed by atoms with E-state index in [0.717, 1.165) is 27.4 Å². The standard InChI is InChI=1S/C22H22N4O2/c1-13(2)20-24-18-10-6-4-8-16(18)21(26-20)25-19(22(27)28)11-14-12-23-17-9-5-3-7-15(14)17/h3-10,12-13,19,23H,11H2,1-2H3,(H,27,28)(H,24,25,26). The summed E-state index contributed by atoms with van der Waals surface area (Å²) in [5.74, 6) is 0.472. The molecule has 0 fully saturated rings. The fraction of sp³-hybridized carbons (Fsp3) is 0.227. The van der Waals surface area contributed by atoms with Crippen LogP contribution in [0.2, 0.25) is 0 Å². The molecule has 6 heteroatoms. The smallest absolute Gasteiger partial charge is 0.326 e. The van der Waals surface area contributed by atoms with E-state index in [1.54, 1.807) is 0 Å². The van der Waals surface area contributed by atoms with Crippen LogP contribution in [0.1, 0.15) is 31.2 Å². The number of benzene rings is 2. The van der Waals surface area contributed by atoms with Gasteiger partial charge < -0.3 is 15.4 Å². The van der Waals surface area contributed by atoms with Crippen LogP contribution >= 0.6 is 0 Å². The molecule has 1 unspecified atom stereocenters. The monoisotopic (exact) mass is 374 g/mol. The van der Waals surface area contributed by atoms with E-state index in [-0.39, 0.29) is 5.92 Å². The van der Waals surface area contributed by atoms with Gasteiger partial charge in [0.15, 0.2) is 0 Å². The lowest BCUT2D eigenvalue weighted by atomic mass is 10.0. The van der Waals surface area contributed by atoms with Crippen molar-refractivity contribution in [2.45, 2.75) is 32.2 Å². The van der Waals surface area contributed by atoms with E-state index < -0.39 is 12.0 Å². The lowest BCUT2D eigenvalue weighted by molar-refractivity contribution is -0.137. The number of aromatic nitrogens is 3. The van der Waals surface area contributed by atoms with E-state index in [0.29, 0.717) is 18.1 Å². The zero-order chi connectivity index (χ0) is 19.7. The van der Waals surface area contributed by atoms with Crippen LogP contribution in [0.25, 0.3) is 21.8 Å². The summed E-state index contributed by atoms with van der Waals surface area (Å²) < 4.78 is 0. The van der Waals surface area contributed by atoms with Crippen LogP contribution in [0.4, 0.5) is 5.82 Å². The molecule has 0 aliphatic rings. The van der Waals surface area contributed by atoms with Crippen molar-refractivity contribution in [2.24, 2.45) is 0 Å². The quantitative estimate of drug-likeness (QED) is 0.467. The summed E-state index contributed by atoms with van der Waals surface area (Å²) in [6.07, 6.45) is 2.22. The number of carbonyl (C=O) groups is 1. The van der Waals surface area contributed by atoms with Crippen LogP contribution in [0.3, 0.4) is 0 Å². The van der Waals surface area contributed by atoms with E-state index in [9.17, 15) is 9.90 Å². The van der Waals surface area contributed by atoms with Gasteiger partial charge in [-0.3, -0.25) is 0 Å². The molecule has 0 amide bonds. The molecule has 0 saturated carbocycles. The molecule has 0 bridgehead atoms. The second-order valence-corrected chi connectivity index (χ2v) is 7.20. The second kappa shape index (κ2) is 7.31. The second-order valence-electron chi connectivity index (χ2n) is 7.20. The van der Waals surface area contributed by atoms with Crippen molar-refractivity contribution >= 4 is 33.6 Å². The molecule has 2 aromatic heterocycles. The van der Waals surface area contributed by atoms with Gasteiger partial charge in [-0.2, -0.15) is 0 Å². The van der Waals surface area contributed by atoms with Crippen molar-refractivity contribution in [3.63, 3.8) is 0 Å². The van der Waals surface area contributed by atoms with Crippen molar-refractivity contribution in [3.8, 4) is 0 Å². The Balaban J connectivity index is 1.71. The Kier molecular flexibility index (Phi) is 4.69. The Morgan fingerprint density at radius 2 is 1.79 bits per heavy atom. The number of anilines is 1. The molecule has 3 N–H and O–H groups in total. The van der Waals surface area contributed by atoms with Gasteiger partial charge >= 0.3 is 5.97 Å². The normalized spacial score (nSPS) is 12.5. The Morgan fingerprint density at radius 1 is 1.07 bits per heavy atom. The zero-order valence-corrected chi connectivity index (χ0v) is 15.8. The number of carboxylic acid groups (broad SMARTS) is 1. The molecule has 4 rings (SSSR count). The van der Waals surface area contributed by atoms with E-state index in [1.165, 1.54) is 0 Å². The number of H-pyrrole nitrogens is 1. The largest absolute Gasteiger partial charge is 0.480 e. The number of nitrogens with zero attached hydrogens (tertiary/aromatic N) is 2. The van der Waals surface area contributed by atoms with Crippen molar-refractivity contribution in [3.05, 3.63) is 66.1 Å². The molecule has 28 heavy (non-hydrogen) atoms. The number of para-hydroxylation sites is 2. The maximum Gasteiger partial charge on any atom is 0.326 e. The molecular weight excluding hydrogens is 352 g/mol. The summed E-state index contributed by atoms with van der Waals surface area (Å²) >= 11 is 0. The van der Waals surface area contributed by atoms with Gasteiger partial charge in [0.1, 0.15) is 17.7 Å². The van der Waals surface area contributed by atoms with Crippen LogP contribution in [0.15, 0.2) is 54.7 Å². The van der Waals surface area contributed by atoms with Crippen LogP contribution in [0.5, 0.6) is 0 Å². The predicted molar refractivity (Wildman–Crippen MR) is 111 cm³/mol. The van der Waals surface area contributed by atoms with Gasteiger partial charge in [-0.15, -0.1) is 0 Å². The number of nitrogens with one attached hydrogen (secondary N) is 2. The minimum atomic E-state index is -0.918. The molecule has 2 heterocycles. The average Bonchev–Trinajstić information content (AvgIpc) is 3.10. The molecule has 4 aromatic rings. The molecule has 0 aliphatic carbocycles. The number of carboxylic acids is 1. The number of aromatic amines is 1. The number of rotatable bonds is 6. The SMILES string of the molecule is CC(C)c1nc(NC(Cc2c[nH]c3ccccc23)C(=O)O)c2ccccc2n1. The molecule has 0 spiro atoms. The molecular formula is C22H22N4O2. The maximum atomic E-state index is 12.0. The van der Waals surface area contributed by atoms with Crippen LogP contribution in [0, 0.1) is 0 Å². The van der Waals surface area contributed by atoms with Gasteiger partial charge in [-0.25, -0.2) is 14.8 Å². The minimum absolute atomic E-state index is 0.141. The summed E-state index contributed by atoms with van der Waals surface area (Å²) in [6.45, 7) is 4.04. The van der Waals surface area contributed by atoms with Gasteiger partial charge in [0.05, 0.1) is 5.52 Å². The highest BCUT2D eigenvalue weighted by Gasteiger charge is 2.22. The maximum absolute atomic E-state index is 12.0. The van der Waals surface area contributed by atoms with Gasteiger partial charge in [0.25, 0.3) is 0 Å². The molecule has 0 aliphatic heterocycles. The van der Waals surface area contributed by atoms with Gasteiger partial charge in [0, 0.05) is 34.8 Å². The molecule has 1 atom stereocenters. The average molecular weight is 374 g/mol. The molecule has 0 saturated heterocycles. The predicted octanol–water partition coefficient (Wildman–Crippen LogP) is 4.34. The summed E-state index contributed by atoms with van der Waals surface area (Å²) in [4.78, 5) is 24.4. The molecule has 6 nitrogen and oxygen atoms in total. The molecule has 142 valence electrons. The lowest BCUT2D eigenvalue weighted by Gasteiger charge is -2.17. The van der Waals surface area contributed by atoms with Crippen molar-refractivity contribution < 1.29 is 9.90 Å². The van der Waals surface area contributed by atoms with Gasteiger partial charge in [-0.05, 0) is 23.8 Å². The van der Waals surface area contributed by atoms with E-state index >= 15 is 0 Å². The first-order chi connectivity index (χ1) is 13.5. The summed E-state index contributed by atoms with van der Waals surface area (Å²) in [6, 6.07) is 14.7. The third-order valence-electron chi connectivity index (χ3n) is 4.84. The Bertz CT molecular complexity index is 1150. The fourth-order valence-corrected chi connectivity index (χ4v) is 3.35. The molecule has 0 radical (unpaired) electrons. The van der Waals surface area contributed by atoms with Gasteiger partial charge in [-0.1, -0.05) is 44.2 Å². The van der Waals surface area contributed by atoms with Crippen LogP contribution < -0.4 is 5.32 Å². The number of hydrogen-bond donors (Lipinski definition) is 3. The number of aliphatic carboxylic acids is 1. The van der Waals surface area contributed by atoms with Crippen molar-refractivity contribution in [1.29, 1.82) is 0 Å². The first-order valence-corrected chi connectivity index (χ1v) is 9.34. The lowest BCUT2D eigenvalue weighted by Crippen LogP contribution is -2.32. The minimum Gasteiger partial charge on any atom is -0.480 e. The summed E-state index contributed by atoms with van der Waals surface area (Å²) in [5, 5.41) is 14.8. The Morgan fingerprint density at radius 3 is 2.54 bits per heavy atom. The first-order valence-electron chi connectivity index (χ1n) is 9.34. The van der Waals surface area contributed by atoms with Crippen molar-refractivity contribution in [1.82, 2.24) is 15.0 Å². The third-order valence-corrected chi connectivity index (χ3v) is 4.84. The first kappa shape index (κ1) is 18.0. The third kappa shape index (κ3) is 3.41. The number of hydrogen-bond acceptors (Lipinski definition) is 4. The molecule has 2 aromatic carbocycles. The van der Waals surface area contributed by atoms with E-state index in [4.69, 9.17) is 0 Å². The topological polar surface area (TPSA) is 90.9 Å². The number of fused-ring (bicyclic) bond motifs is 2. The van der Waals surface area contributed by atoms with Crippen molar-refractivity contribution in [2.75, 3.05) is 5.32 Å².